The largest absolute Gasteiger partial charge is 0.362 e. The molecule has 14 heteroatoms. The summed E-state index contributed by atoms with van der Waals surface area (Å²) in [6.07, 6.45) is 5.36. The molecule has 2 heterocycles. The van der Waals surface area contributed by atoms with E-state index in [4.69, 9.17) is 0 Å². The zero-order valence-corrected chi connectivity index (χ0v) is 24.8. The van der Waals surface area contributed by atoms with Crippen LogP contribution in [0.1, 0.15) is 39.2 Å². The number of sulfone groups is 1. The fraction of sp³-hybridized carbons (Fsp3) is 0.357. The highest BCUT2D eigenvalue weighted by Crippen LogP contribution is 2.49. The van der Waals surface area contributed by atoms with Crippen molar-refractivity contribution in [3.05, 3.63) is 77.9 Å². The second-order valence-electron chi connectivity index (χ2n) is 10.7. The Labute approximate surface area is 243 Å². The predicted molar refractivity (Wildman–Crippen MR) is 152 cm³/mol. The number of allylic oxidation sites excluding steroid dienone is 1. The molecular formula is C28H30F3N5O4S2. The van der Waals surface area contributed by atoms with E-state index in [0.29, 0.717) is 37.3 Å². The number of hydrogen-bond donors (Lipinski definition) is 1. The van der Waals surface area contributed by atoms with Gasteiger partial charge >= 0.3 is 0 Å². The number of hydrogen-bond acceptors (Lipinski definition) is 8. The molecular weight excluding hydrogens is 591 g/mol. The average molecular weight is 622 g/mol. The van der Waals surface area contributed by atoms with Crippen LogP contribution >= 0.6 is 0 Å². The first-order chi connectivity index (χ1) is 19.8. The second-order valence-corrected chi connectivity index (χ2v) is 14.8. The Hall–Kier alpha value is -3.65. The number of benzene rings is 2. The van der Waals surface area contributed by atoms with Crippen LogP contribution in [-0.4, -0.2) is 62.1 Å². The number of nitrogens with one attached hydrogen (secondary N) is 1. The Bertz CT molecular complexity index is 1740. The molecule has 1 saturated heterocycles. The standard InChI is InChI=1S/C28H30F3N5O4S2/c1-4-25(36-12-11-35(17-28(36)9-10-28)27-32-15-20(30)16-33-27)26-23(31)13-19(29)14-24(26)34-42(39,40)22-7-5-21(6-8-22)41(37,38)18(2)3/h4-8,13-16,18,34H,9-12,17H2,1-3H3. The summed E-state index contributed by atoms with van der Waals surface area (Å²) >= 11 is 0. The number of aromatic nitrogens is 2. The number of nitrogens with zero attached hydrogens (tertiary/aromatic N) is 4. The van der Waals surface area contributed by atoms with Crippen LogP contribution in [0.3, 0.4) is 0 Å². The van der Waals surface area contributed by atoms with Crippen LogP contribution in [0.2, 0.25) is 0 Å². The van der Waals surface area contributed by atoms with Gasteiger partial charge in [-0.15, -0.1) is 0 Å². The number of rotatable bonds is 8. The number of sulfonamides is 1. The summed E-state index contributed by atoms with van der Waals surface area (Å²) in [6, 6.07) is 6.27. The lowest BCUT2D eigenvalue weighted by Gasteiger charge is -2.45. The monoisotopic (exact) mass is 621 g/mol. The summed E-state index contributed by atoms with van der Waals surface area (Å²) in [4.78, 5) is 11.8. The molecule has 224 valence electrons. The lowest BCUT2D eigenvalue weighted by molar-refractivity contribution is 0.242. The Morgan fingerprint density at radius 1 is 0.952 bits per heavy atom. The van der Waals surface area contributed by atoms with Gasteiger partial charge in [-0.1, -0.05) is 6.08 Å². The predicted octanol–water partition coefficient (Wildman–Crippen LogP) is 4.59. The minimum Gasteiger partial charge on any atom is -0.362 e. The van der Waals surface area contributed by atoms with Crippen molar-refractivity contribution in [2.45, 2.75) is 54.2 Å². The molecule has 0 bridgehead atoms. The fourth-order valence-electron chi connectivity index (χ4n) is 5.20. The molecule has 1 spiro atoms. The van der Waals surface area contributed by atoms with Gasteiger partial charge < -0.3 is 9.80 Å². The van der Waals surface area contributed by atoms with E-state index in [9.17, 15) is 25.6 Å². The lowest BCUT2D eigenvalue weighted by Crippen LogP contribution is -2.54. The van der Waals surface area contributed by atoms with Gasteiger partial charge in [0.25, 0.3) is 10.0 Å². The van der Waals surface area contributed by atoms with Gasteiger partial charge in [0.1, 0.15) is 11.6 Å². The van der Waals surface area contributed by atoms with Crippen LogP contribution in [0.15, 0.2) is 64.7 Å². The molecule has 9 nitrogen and oxygen atoms in total. The molecule has 1 aromatic heterocycles. The van der Waals surface area contributed by atoms with Crippen molar-refractivity contribution in [2.24, 2.45) is 0 Å². The third-order valence-electron chi connectivity index (χ3n) is 7.57. The van der Waals surface area contributed by atoms with Crippen molar-refractivity contribution in [1.29, 1.82) is 0 Å². The van der Waals surface area contributed by atoms with Crippen molar-refractivity contribution in [3.8, 4) is 0 Å². The first-order valence-corrected chi connectivity index (χ1v) is 16.3. The van der Waals surface area contributed by atoms with Crippen molar-refractivity contribution >= 4 is 37.2 Å². The van der Waals surface area contributed by atoms with Crippen LogP contribution in [-0.2, 0) is 19.9 Å². The minimum absolute atomic E-state index is 0.0370. The van der Waals surface area contributed by atoms with Crippen molar-refractivity contribution < 1.29 is 30.0 Å². The molecule has 0 atom stereocenters. The summed E-state index contributed by atoms with van der Waals surface area (Å²) in [6.45, 7) is 6.03. The van der Waals surface area contributed by atoms with E-state index in [1.165, 1.54) is 26.0 Å². The maximum absolute atomic E-state index is 15.5. The summed E-state index contributed by atoms with van der Waals surface area (Å²) in [5.41, 5.74) is -0.438. The summed E-state index contributed by atoms with van der Waals surface area (Å²) in [5.74, 6) is -2.09. The lowest BCUT2D eigenvalue weighted by atomic mass is 10.0. The van der Waals surface area contributed by atoms with Gasteiger partial charge in [-0.05, 0) is 63.9 Å². The summed E-state index contributed by atoms with van der Waals surface area (Å²) in [7, 11) is -7.99. The quantitative estimate of drug-likeness (QED) is 0.389. The highest BCUT2D eigenvalue weighted by atomic mass is 32.2. The SMILES string of the molecule is CC=C(c1c(F)cc(F)cc1NS(=O)(=O)c1ccc(S(=O)(=O)C(C)C)cc1)N1CCN(c2ncc(F)cn2)CC12CC2. The molecule has 0 unspecified atom stereocenters. The fourth-order valence-corrected chi connectivity index (χ4v) is 7.32. The van der Waals surface area contributed by atoms with E-state index in [1.54, 1.807) is 13.0 Å². The normalized spacial score (nSPS) is 17.2. The van der Waals surface area contributed by atoms with Crippen molar-refractivity contribution in [1.82, 2.24) is 14.9 Å². The topological polar surface area (TPSA) is 113 Å². The molecule has 2 fully saturated rings. The summed E-state index contributed by atoms with van der Waals surface area (Å²) < 4.78 is 97.2. The molecule has 0 amide bonds. The number of piperazine rings is 1. The van der Waals surface area contributed by atoms with Crippen LogP contribution < -0.4 is 9.62 Å². The average Bonchev–Trinajstić information content (AvgIpc) is 3.70. The van der Waals surface area contributed by atoms with E-state index in [-0.39, 0.29) is 21.0 Å². The van der Waals surface area contributed by atoms with E-state index in [1.807, 2.05) is 9.80 Å². The number of anilines is 2. The first-order valence-electron chi connectivity index (χ1n) is 13.3. The maximum Gasteiger partial charge on any atom is 0.261 e. The minimum atomic E-state index is -4.37. The van der Waals surface area contributed by atoms with Gasteiger partial charge in [-0.3, -0.25) is 4.72 Å². The molecule has 0 radical (unpaired) electrons. The van der Waals surface area contributed by atoms with Gasteiger partial charge in [-0.2, -0.15) is 0 Å². The molecule has 1 saturated carbocycles. The Balaban J connectivity index is 1.46. The van der Waals surface area contributed by atoms with Crippen molar-refractivity contribution in [2.75, 3.05) is 29.3 Å². The van der Waals surface area contributed by atoms with Gasteiger partial charge in [-0.25, -0.2) is 40.0 Å². The van der Waals surface area contributed by atoms with E-state index in [2.05, 4.69) is 14.7 Å². The Morgan fingerprint density at radius 3 is 2.14 bits per heavy atom. The second kappa shape index (κ2) is 10.9. The third-order valence-corrected chi connectivity index (χ3v) is 11.1. The molecule has 1 aliphatic heterocycles. The van der Waals surface area contributed by atoms with Gasteiger partial charge in [0.15, 0.2) is 15.7 Å². The van der Waals surface area contributed by atoms with Crippen LogP contribution in [0, 0.1) is 17.5 Å². The molecule has 42 heavy (non-hydrogen) atoms. The van der Waals surface area contributed by atoms with Crippen LogP contribution in [0.4, 0.5) is 24.8 Å². The van der Waals surface area contributed by atoms with E-state index < -0.39 is 48.1 Å². The molecule has 3 aromatic rings. The molecule has 5 rings (SSSR count). The highest BCUT2D eigenvalue weighted by Gasteiger charge is 2.53. The smallest absolute Gasteiger partial charge is 0.261 e. The zero-order valence-electron chi connectivity index (χ0n) is 23.2. The first kappa shape index (κ1) is 29.8. The highest BCUT2D eigenvalue weighted by molar-refractivity contribution is 7.93. The molecule has 2 aromatic carbocycles. The van der Waals surface area contributed by atoms with Gasteiger partial charge in [0, 0.05) is 31.4 Å². The van der Waals surface area contributed by atoms with Crippen LogP contribution in [0.25, 0.3) is 5.70 Å². The molecule has 1 aliphatic carbocycles. The van der Waals surface area contributed by atoms with E-state index >= 15 is 4.39 Å². The molecule has 2 aliphatic rings. The summed E-state index contributed by atoms with van der Waals surface area (Å²) in [5, 5.41) is -0.699. The van der Waals surface area contributed by atoms with Crippen LogP contribution in [0.5, 0.6) is 0 Å². The maximum atomic E-state index is 15.5. The van der Waals surface area contributed by atoms with Gasteiger partial charge in [0.2, 0.25) is 5.95 Å². The number of halogens is 3. The van der Waals surface area contributed by atoms with E-state index in [0.717, 1.165) is 43.4 Å². The zero-order chi connectivity index (χ0) is 30.4. The van der Waals surface area contributed by atoms with Gasteiger partial charge in [0.05, 0.1) is 44.2 Å². The third kappa shape index (κ3) is 5.56. The molecule has 1 N–H and O–H groups in total. The Kier molecular flexibility index (Phi) is 7.73. The Morgan fingerprint density at radius 2 is 1.57 bits per heavy atom. The van der Waals surface area contributed by atoms with Crippen molar-refractivity contribution in [3.63, 3.8) is 0 Å².